The van der Waals surface area contributed by atoms with Gasteiger partial charge < -0.3 is 15.5 Å². The Bertz CT molecular complexity index is 463. The Morgan fingerprint density at radius 1 is 1.33 bits per heavy atom. The second kappa shape index (κ2) is 8.90. The SMILES string of the molecule is CCNC(=O)CN(CC)c1ccc(CNC(C)C)cc1Cl. The van der Waals surface area contributed by atoms with Crippen LogP contribution in [-0.2, 0) is 11.3 Å². The normalized spacial score (nSPS) is 10.8. The zero-order chi connectivity index (χ0) is 15.8. The average molecular weight is 312 g/mol. The summed E-state index contributed by atoms with van der Waals surface area (Å²) in [6.45, 7) is 10.7. The van der Waals surface area contributed by atoms with Gasteiger partial charge in [-0.25, -0.2) is 0 Å². The molecule has 0 radical (unpaired) electrons. The van der Waals surface area contributed by atoms with E-state index in [0.29, 0.717) is 24.2 Å². The van der Waals surface area contributed by atoms with Crippen molar-refractivity contribution in [1.29, 1.82) is 0 Å². The Kier molecular flexibility index (Phi) is 7.54. The molecule has 0 unspecified atom stereocenters. The number of halogens is 1. The van der Waals surface area contributed by atoms with Gasteiger partial charge in [-0.2, -0.15) is 0 Å². The van der Waals surface area contributed by atoms with E-state index in [-0.39, 0.29) is 5.91 Å². The summed E-state index contributed by atoms with van der Waals surface area (Å²) >= 11 is 6.38. The first kappa shape index (κ1) is 17.8. The summed E-state index contributed by atoms with van der Waals surface area (Å²) in [5.74, 6) is 0.0148. The third-order valence-corrected chi connectivity index (χ3v) is 3.46. The minimum absolute atomic E-state index is 0.0148. The number of hydrogen-bond donors (Lipinski definition) is 2. The van der Waals surface area contributed by atoms with Gasteiger partial charge in [0.05, 0.1) is 17.3 Å². The molecule has 0 heterocycles. The maximum Gasteiger partial charge on any atom is 0.239 e. The maximum atomic E-state index is 11.7. The molecule has 1 rings (SSSR count). The molecule has 0 aliphatic carbocycles. The number of carbonyl (C=O) groups excluding carboxylic acids is 1. The summed E-state index contributed by atoms with van der Waals surface area (Å²) < 4.78 is 0. The van der Waals surface area contributed by atoms with Gasteiger partial charge in [-0.1, -0.05) is 31.5 Å². The summed E-state index contributed by atoms with van der Waals surface area (Å²) in [4.78, 5) is 13.7. The third kappa shape index (κ3) is 5.94. The van der Waals surface area contributed by atoms with Crippen molar-refractivity contribution in [2.24, 2.45) is 0 Å². The molecule has 1 amide bonds. The van der Waals surface area contributed by atoms with Gasteiger partial charge >= 0.3 is 0 Å². The Hall–Kier alpha value is -1.26. The van der Waals surface area contributed by atoms with E-state index in [1.54, 1.807) is 0 Å². The van der Waals surface area contributed by atoms with Crippen LogP contribution >= 0.6 is 11.6 Å². The summed E-state index contributed by atoms with van der Waals surface area (Å²) in [5.41, 5.74) is 2.05. The summed E-state index contributed by atoms with van der Waals surface area (Å²) in [6, 6.07) is 6.44. The highest BCUT2D eigenvalue weighted by molar-refractivity contribution is 6.33. The number of hydrogen-bond acceptors (Lipinski definition) is 3. The van der Waals surface area contributed by atoms with Crippen molar-refractivity contribution < 1.29 is 4.79 Å². The lowest BCUT2D eigenvalue weighted by atomic mass is 10.1. The van der Waals surface area contributed by atoms with Crippen molar-refractivity contribution in [3.05, 3.63) is 28.8 Å². The largest absolute Gasteiger partial charge is 0.361 e. The minimum atomic E-state index is 0.0148. The molecule has 0 aromatic heterocycles. The molecule has 21 heavy (non-hydrogen) atoms. The Morgan fingerprint density at radius 2 is 2.05 bits per heavy atom. The lowest BCUT2D eigenvalue weighted by Gasteiger charge is -2.24. The van der Waals surface area contributed by atoms with Crippen molar-refractivity contribution >= 4 is 23.2 Å². The fraction of sp³-hybridized carbons (Fsp3) is 0.562. The zero-order valence-corrected chi connectivity index (χ0v) is 14.1. The van der Waals surface area contributed by atoms with Crippen molar-refractivity contribution in [1.82, 2.24) is 10.6 Å². The molecule has 0 bridgehead atoms. The van der Waals surface area contributed by atoms with Gasteiger partial charge in [0.15, 0.2) is 0 Å². The van der Waals surface area contributed by atoms with Crippen LogP contribution in [0.2, 0.25) is 5.02 Å². The fourth-order valence-electron chi connectivity index (χ4n) is 2.03. The highest BCUT2D eigenvalue weighted by atomic mass is 35.5. The van der Waals surface area contributed by atoms with Crippen LogP contribution in [0.1, 0.15) is 33.3 Å². The molecular formula is C16H26ClN3O. The third-order valence-electron chi connectivity index (χ3n) is 3.16. The number of nitrogens with one attached hydrogen (secondary N) is 2. The van der Waals surface area contributed by atoms with Gasteiger partial charge in [0.25, 0.3) is 0 Å². The molecule has 2 N–H and O–H groups in total. The van der Waals surface area contributed by atoms with Gasteiger partial charge in [-0.05, 0) is 31.5 Å². The summed E-state index contributed by atoms with van der Waals surface area (Å²) in [5, 5.41) is 6.86. The molecule has 0 spiro atoms. The van der Waals surface area contributed by atoms with Gasteiger partial charge in [0, 0.05) is 25.7 Å². The van der Waals surface area contributed by atoms with Crippen LogP contribution in [0.5, 0.6) is 0 Å². The molecule has 5 heteroatoms. The number of rotatable bonds is 8. The fourth-order valence-corrected chi connectivity index (χ4v) is 2.36. The molecule has 0 saturated carbocycles. The maximum absolute atomic E-state index is 11.7. The van der Waals surface area contributed by atoms with E-state index in [2.05, 4.69) is 30.5 Å². The smallest absolute Gasteiger partial charge is 0.239 e. The van der Waals surface area contributed by atoms with E-state index in [1.807, 2.05) is 30.9 Å². The molecule has 0 aliphatic rings. The van der Waals surface area contributed by atoms with Crippen molar-refractivity contribution in [2.45, 2.75) is 40.3 Å². The van der Waals surface area contributed by atoms with Crippen LogP contribution < -0.4 is 15.5 Å². The van der Waals surface area contributed by atoms with E-state index in [0.717, 1.165) is 24.3 Å². The molecule has 0 aliphatic heterocycles. The molecule has 0 fully saturated rings. The first-order chi connectivity index (χ1) is 9.97. The molecule has 4 nitrogen and oxygen atoms in total. The second-order valence-electron chi connectivity index (χ2n) is 5.29. The van der Waals surface area contributed by atoms with Crippen molar-refractivity contribution in [3.63, 3.8) is 0 Å². The van der Waals surface area contributed by atoms with Crippen LogP contribution in [0.15, 0.2) is 18.2 Å². The number of nitrogens with zero attached hydrogens (tertiary/aromatic N) is 1. The van der Waals surface area contributed by atoms with Gasteiger partial charge in [-0.3, -0.25) is 4.79 Å². The van der Waals surface area contributed by atoms with Crippen LogP contribution in [0.4, 0.5) is 5.69 Å². The molecule has 1 aromatic rings. The molecule has 0 atom stereocenters. The molecule has 118 valence electrons. The van der Waals surface area contributed by atoms with Crippen LogP contribution in [0, 0.1) is 0 Å². The summed E-state index contributed by atoms with van der Waals surface area (Å²) in [6.07, 6.45) is 0. The molecule has 0 saturated heterocycles. The Morgan fingerprint density at radius 3 is 2.57 bits per heavy atom. The van der Waals surface area contributed by atoms with Gasteiger partial charge in [-0.15, -0.1) is 0 Å². The average Bonchev–Trinajstić information content (AvgIpc) is 2.43. The Balaban J connectivity index is 2.78. The van der Waals surface area contributed by atoms with Crippen LogP contribution in [-0.4, -0.2) is 31.6 Å². The highest BCUT2D eigenvalue weighted by Crippen LogP contribution is 2.26. The predicted molar refractivity (Wildman–Crippen MR) is 90.0 cm³/mol. The van der Waals surface area contributed by atoms with Crippen molar-refractivity contribution in [2.75, 3.05) is 24.5 Å². The second-order valence-corrected chi connectivity index (χ2v) is 5.70. The standard InChI is InChI=1S/C16H26ClN3O/c1-5-18-16(21)11-20(6-2)15-8-7-13(9-14(15)17)10-19-12(3)4/h7-9,12,19H,5-6,10-11H2,1-4H3,(H,18,21). The monoisotopic (exact) mass is 311 g/mol. The molecule has 1 aromatic carbocycles. The summed E-state index contributed by atoms with van der Waals surface area (Å²) in [7, 11) is 0. The number of benzene rings is 1. The van der Waals surface area contributed by atoms with Gasteiger partial charge in [0.1, 0.15) is 0 Å². The highest BCUT2D eigenvalue weighted by Gasteiger charge is 2.13. The quantitative estimate of drug-likeness (QED) is 0.776. The Labute approximate surface area is 132 Å². The first-order valence-electron chi connectivity index (χ1n) is 7.51. The van der Waals surface area contributed by atoms with E-state index in [9.17, 15) is 4.79 Å². The van der Waals surface area contributed by atoms with E-state index < -0.39 is 0 Å². The van der Waals surface area contributed by atoms with Crippen LogP contribution in [0.3, 0.4) is 0 Å². The van der Waals surface area contributed by atoms with E-state index >= 15 is 0 Å². The number of carbonyl (C=O) groups is 1. The van der Waals surface area contributed by atoms with E-state index in [4.69, 9.17) is 11.6 Å². The predicted octanol–water partition coefficient (Wildman–Crippen LogP) is 2.80. The van der Waals surface area contributed by atoms with Crippen molar-refractivity contribution in [3.8, 4) is 0 Å². The topological polar surface area (TPSA) is 44.4 Å². The number of amides is 1. The lowest BCUT2D eigenvalue weighted by molar-refractivity contribution is -0.119. The minimum Gasteiger partial charge on any atom is -0.361 e. The molecular weight excluding hydrogens is 286 g/mol. The van der Waals surface area contributed by atoms with E-state index in [1.165, 1.54) is 0 Å². The van der Waals surface area contributed by atoms with Crippen LogP contribution in [0.25, 0.3) is 0 Å². The number of likely N-dealkylation sites (N-methyl/N-ethyl adjacent to an activating group) is 2. The number of anilines is 1. The lowest BCUT2D eigenvalue weighted by Crippen LogP contribution is -2.37. The first-order valence-corrected chi connectivity index (χ1v) is 7.89. The van der Waals surface area contributed by atoms with Gasteiger partial charge in [0.2, 0.25) is 5.91 Å². The zero-order valence-electron chi connectivity index (χ0n) is 13.4.